The fourth-order valence-electron chi connectivity index (χ4n) is 4.32. The quantitative estimate of drug-likeness (QED) is 0.679. The molecule has 3 aromatic rings. The van der Waals surface area contributed by atoms with Crippen LogP contribution in [0.15, 0.2) is 41.9 Å². The number of aromatic nitrogens is 2. The molecule has 1 aromatic carbocycles. The maximum Gasteiger partial charge on any atom is 0.223 e. The van der Waals surface area contributed by atoms with Crippen LogP contribution >= 0.6 is 11.3 Å². The van der Waals surface area contributed by atoms with Crippen LogP contribution in [0.4, 0.5) is 5.95 Å². The molecule has 136 valence electrons. The van der Waals surface area contributed by atoms with Crippen LogP contribution in [0, 0.1) is 0 Å². The van der Waals surface area contributed by atoms with Crippen LogP contribution in [0.25, 0.3) is 21.3 Å². The Morgan fingerprint density at radius 1 is 1.08 bits per heavy atom. The summed E-state index contributed by atoms with van der Waals surface area (Å²) >= 11 is 1.77. The molecule has 26 heavy (non-hydrogen) atoms. The number of hydrogen-bond donors (Lipinski definition) is 2. The van der Waals surface area contributed by atoms with Gasteiger partial charge in [0.15, 0.2) is 0 Å². The van der Waals surface area contributed by atoms with E-state index in [2.05, 4.69) is 73.0 Å². The first-order valence-electron chi connectivity index (χ1n) is 9.16. The van der Waals surface area contributed by atoms with Crippen molar-refractivity contribution in [2.24, 2.45) is 0 Å². The second-order valence-electron chi connectivity index (χ2n) is 8.58. The lowest BCUT2D eigenvalue weighted by molar-refractivity contribution is 0.170. The molecular weight excluding hydrogens is 340 g/mol. The Hall–Kier alpha value is -1.98. The molecule has 1 saturated heterocycles. The number of thiophene rings is 1. The zero-order valence-corrected chi connectivity index (χ0v) is 16.7. The van der Waals surface area contributed by atoms with Gasteiger partial charge in [-0.15, -0.1) is 11.3 Å². The van der Waals surface area contributed by atoms with Gasteiger partial charge in [-0.3, -0.25) is 0 Å². The zero-order chi connectivity index (χ0) is 18.4. The molecule has 0 saturated carbocycles. The van der Waals surface area contributed by atoms with Gasteiger partial charge in [0.2, 0.25) is 5.95 Å². The van der Waals surface area contributed by atoms with Crippen molar-refractivity contribution in [3.05, 3.63) is 41.9 Å². The number of anilines is 1. The molecule has 5 heteroatoms. The smallest absolute Gasteiger partial charge is 0.223 e. The van der Waals surface area contributed by atoms with Gasteiger partial charge in [0.1, 0.15) is 0 Å². The Balaban J connectivity index is 1.57. The summed E-state index contributed by atoms with van der Waals surface area (Å²) in [6.07, 6.45) is 3.94. The van der Waals surface area contributed by atoms with Gasteiger partial charge in [0.05, 0.1) is 5.69 Å². The average Bonchev–Trinajstić information content (AvgIpc) is 2.99. The number of rotatable bonds is 3. The number of hydrogen-bond acceptors (Lipinski definition) is 5. The third-order valence-corrected chi connectivity index (χ3v) is 5.83. The minimum atomic E-state index is 0.0982. The molecular formula is C21H26N4S. The van der Waals surface area contributed by atoms with Crippen LogP contribution in [0.5, 0.6) is 0 Å². The summed E-state index contributed by atoms with van der Waals surface area (Å²) in [7, 11) is 0. The molecule has 1 aliphatic heterocycles. The Morgan fingerprint density at radius 3 is 2.62 bits per heavy atom. The highest BCUT2D eigenvalue weighted by Gasteiger charge is 2.37. The van der Waals surface area contributed by atoms with Crippen LogP contribution < -0.4 is 10.6 Å². The molecule has 1 fully saturated rings. The predicted octanol–water partition coefficient (Wildman–Crippen LogP) is 5.08. The number of benzene rings is 1. The Labute approximate surface area is 159 Å². The average molecular weight is 367 g/mol. The van der Waals surface area contributed by atoms with Crippen LogP contribution in [0.2, 0.25) is 0 Å². The van der Waals surface area contributed by atoms with Gasteiger partial charge >= 0.3 is 0 Å². The summed E-state index contributed by atoms with van der Waals surface area (Å²) in [5, 5.41) is 10.7. The lowest BCUT2D eigenvalue weighted by Crippen LogP contribution is -2.60. The van der Waals surface area contributed by atoms with Gasteiger partial charge in [-0.05, 0) is 75.6 Å². The topological polar surface area (TPSA) is 49.8 Å². The highest BCUT2D eigenvalue weighted by Crippen LogP contribution is 2.31. The van der Waals surface area contributed by atoms with Crippen molar-refractivity contribution in [3.63, 3.8) is 0 Å². The fourth-order valence-corrected chi connectivity index (χ4v) is 5.09. The van der Waals surface area contributed by atoms with Crippen LogP contribution in [0.1, 0.15) is 40.5 Å². The maximum atomic E-state index is 4.78. The third-order valence-electron chi connectivity index (χ3n) is 4.93. The lowest BCUT2D eigenvalue weighted by Gasteiger charge is -2.46. The molecule has 0 atom stereocenters. The predicted molar refractivity (Wildman–Crippen MR) is 111 cm³/mol. The van der Waals surface area contributed by atoms with E-state index in [1.165, 1.54) is 10.1 Å². The molecule has 4 nitrogen and oxygen atoms in total. The van der Waals surface area contributed by atoms with E-state index >= 15 is 0 Å². The van der Waals surface area contributed by atoms with E-state index in [4.69, 9.17) is 4.98 Å². The number of piperidine rings is 1. The lowest BCUT2D eigenvalue weighted by atomic mass is 9.80. The molecule has 0 bridgehead atoms. The normalized spacial score (nSPS) is 19.5. The van der Waals surface area contributed by atoms with Gasteiger partial charge in [0, 0.05) is 33.6 Å². The van der Waals surface area contributed by atoms with Crippen LogP contribution in [-0.4, -0.2) is 27.1 Å². The van der Waals surface area contributed by atoms with Crippen molar-refractivity contribution in [2.45, 2.75) is 57.7 Å². The number of nitrogens with one attached hydrogen (secondary N) is 2. The van der Waals surface area contributed by atoms with Gasteiger partial charge in [0.25, 0.3) is 0 Å². The largest absolute Gasteiger partial charge is 0.351 e. The maximum absolute atomic E-state index is 4.78. The summed E-state index contributed by atoms with van der Waals surface area (Å²) < 4.78 is 1.31. The molecule has 0 aliphatic carbocycles. The van der Waals surface area contributed by atoms with Crippen molar-refractivity contribution < 1.29 is 0 Å². The highest BCUT2D eigenvalue weighted by molar-refractivity contribution is 7.17. The molecule has 0 amide bonds. The van der Waals surface area contributed by atoms with Crippen LogP contribution in [-0.2, 0) is 0 Å². The fraction of sp³-hybridized carbons (Fsp3) is 0.429. The monoisotopic (exact) mass is 366 g/mol. The van der Waals surface area contributed by atoms with E-state index in [-0.39, 0.29) is 11.1 Å². The van der Waals surface area contributed by atoms with E-state index < -0.39 is 0 Å². The molecule has 3 heterocycles. The van der Waals surface area contributed by atoms with Crippen molar-refractivity contribution in [2.75, 3.05) is 5.32 Å². The minimum Gasteiger partial charge on any atom is -0.351 e. The van der Waals surface area contributed by atoms with Gasteiger partial charge in [-0.1, -0.05) is 6.07 Å². The van der Waals surface area contributed by atoms with E-state index in [0.29, 0.717) is 12.0 Å². The summed E-state index contributed by atoms with van der Waals surface area (Å²) in [4.78, 5) is 9.25. The van der Waals surface area contributed by atoms with Crippen molar-refractivity contribution in [1.82, 2.24) is 15.3 Å². The first kappa shape index (κ1) is 17.4. The Kier molecular flexibility index (Phi) is 4.24. The molecule has 4 rings (SSSR count). The standard InChI is InChI=1S/C21H26N4S/c1-20(2)12-16(13-21(3,4)25-20)23-19-22-9-7-17(24-19)14-5-6-18-15(11-14)8-10-26-18/h5-11,16,25H,12-13H2,1-4H3,(H,22,23,24). The van der Waals surface area contributed by atoms with E-state index in [1.807, 2.05) is 12.3 Å². The van der Waals surface area contributed by atoms with Gasteiger partial charge in [-0.25, -0.2) is 9.97 Å². The van der Waals surface area contributed by atoms with E-state index in [0.717, 1.165) is 24.1 Å². The first-order chi connectivity index (χ1) is 12.3. The van der Waals surface area contributed by atoms with Crippen LogP contribution in [0.3, 0.4) is 0 Å². The van der Waals surface area contributed by atoms with Gasteiger partial charge in [-0.2, -0.15) is 0 Å². The summed E-state index contributed by atoms with van der Waals surface area (Å²) in [6, 6.07) is 11.0. The Bertz CT molecular complexity index is 912. The summed E-state index contributed by atoms with van der Waals surface area (Å²) in [5.74, 6) is 0.714. The summed E-state index contributed by atoms with van der Waals surface area (Å²) in [5.41, 5.74) is 2.29. The second-order valence-corrected chi connectivity index (χ2v) is 9.53. The van der Waals surface area contributed by atoms with E-state index in [9.17, 15) is 0 Å². The van der Waals surface area contributed by atoms with Crippen molar-refractivity contribution in [3.8, 4) is 11.3 Å². The van der Waals surface area contributed by atoms with Crippen molar-refractivity contribution >= 4 is 27.4 Å². The van der Waals surface area contributed by atoms with E-state index in [1.54, 1.807) is 11.3 Å². The molecule has 0 spiro atoms. The minimum absolute atomic E-state index is 0.0982. The SMILES string of the molecule is CC1(C)CC(Nc2nccc(-c3ccc4sccc4c3)n2)CC(C)(C)N1. The number of nitrogens with zero attached hydrogens (tertiary/aromatic N) is 2. The Morgan fingerprint density at radius 2 is 1.85 bits per heavy atom. The highest BCUT2D eigenvalue weighted by atomic mass is 32.1. The molecule has 0 unspecified atom stereocenters. The number of fused-ring (bicyclic) bond motifs is 1. The van der Waals surface area contributed by atoms with Gasteiger partial charge < -0.3 is 10.6 Å². The molecule has 2 aromatic heterocycles. The molecule has 1 aliphatic rings. The summed E-state index contributed by atoms with van der Waals surface area (Å²) in [6.45, 7) is 9.04. The first-order valence-corrected chi connectivity index (χ1v) is 10.0. The second kappa shape index (κ2) is 6.32. The zero-order valence-electron chi connectivity index (χ0n) is 15.8. The molecule has 0 radical (unpaired) electrons. The van der Waals surface area contributed by atoms with Crippen molar-refractivity contribution in [1.29, 1.82) is 0 Å². The third kappa shape index (κ3) is 3.74. The molecule has 2 N–H and O–H groups in total.